The second-order valence-corrected chi connectivity index (χ2v) is 8.32. The highest BCUT2D eigenvalue weighted by molar-refractivity contribution is 7.92. The van der Waals surface area contributed by atoms with E-state index in [2.05, 4.69) is 10.6 Å². The Bertz CT molecular complexity index is 869. The first kappa shape index (κ1) is 21.2. The molecule has 0 aromatic heterocycles. The van der Waals surface area contributed by atoms with Crippen LogP contribution in [0.1, 0.15) is 23.2 Å². The van der Waals surface area contributed by atoms with Gasteiger partial charge in [-0.25, -0.2) is 8.42 Å². The van der Waals surface area contributed by atoms with Crippen LogP contribution in [0.2, 0.25) is 0 Å². The van der Waals surface area contributed by atoms with E-state index in [1.165, 1.54) is 23.5 Å². The number of para-hydroxylation sites is 1. The second-order valence-electron chi connectivity index (χ2n) is 6.35. The summed E-state index contributed by atoms with van der Waals surface area (Å²) in [4.78, 5) is 12.6. The summed E-state index contributed by atoms with van der Waals surface area (Å²) in [5.41, 5.74) is 0.911. The molecule has 2 N–H and O–H groups in total. The predicted octanol–water partition coefficient (Wildman–Crippen LogP) is 2.42. The van der Waals surface area contributed by atoms with E-state index in [4.69, 9.17) is 0 Å². The molecule has 1 heterocycles. The van der Waals surface area contributed by atoms with Crippen molar-refractivity contribution in [3.8, 4) is 0 Å². The molecule has 1 saturated heterocycles. The molecule has 2 aromatic carbocycles. The number of carbonyl (C=O) groups excluding carboxylic acids is 1. The highest BCUT2D eigenvalue weighted by atomic mass is 35.5. The summed E-state index contributed by atoms with van der Waals surface area (Å²) in [6, 6.07) is 15.1. The van der Waals surface area contributed by atoms with Crippen molar-refractivity contribution in [2.24, 2.45) is 0 Å². The van der Waals surface area contributed by atoms with E-state index < -0.39 is 10.0 Å². The van der Waals surface area contributed by atoms with Crippen molar-refractivity contribution < 1.29 is 13.2 Å². The van der Waals surface area contributed by atoms with Crippen LogP contribution in [0.25, 0.3) is 0 Å². The van der Waals surface area contributed by atoms with E-state index in [9.17, 15) is 13.2 Å². The SMILES string of the molecule is CN(c1ccccc1)S(=O)(=O)c1cccc(C(=O)N[C@H]2CCCNC2)c1.Cl. The van der Waals surface area contributed by atoms with Gasteiger partial charge in [0.05, 0.1) is 10.6 Å². The average molecular weight is 410 g/mol. The maximum absolute atomic E-state index is 12.9. The number of sulfonamides is 1. The predicted molar refractivity (Wildman–Crippen MR) is 109 cm³/mol. The van der Waals surface area contributed by atoms with Gasteiger partial charge in [-0.05, 0) is 49.7 Å². The fourth-order valence-corrected chi connectivity index (χ4v) is 4.22. The van der Waals surface area contributed by atoms with Crippen LogP contribution in [0.3, 0.4) is 0 Å². The van der Waals surface area contributed by atoms with Gasteiger partial charge in [0.1, 0.15) is 0 Å². The molecule has 8 heteroatoms. The molecular formula is C19H24ClN3O3S. The zero-order chi connectivity index (χ0) is 18.6. The first-order valence-corrected chi connectivity index (χ1v) is 10.1. The fourth-order valence-electron chi connectivity index (χ4n) is 2.98. The zero-order valence-electron chi connectivity index (χ0n) is 15.1. The normalized spacial score (nSPS) is 16.9. The number of rotatable bonds is 5. The summed E-state index contributed by atoms with van der Waals surface area (Å²) in [6.07, 6.45) is 1.94. The van der Waals surface area contributed by atoms with Gasteiger partial charge in [-0.1, -0.05) is 24.3 Å². The monoisotopic (exact) mass is 409 g/mol. The Morgan fingerprint density at radius 2 is 1.89 bits per heavy atom. The van der Waals surface area contributed by atoms with Crippen LogP contribution in [0.15, 0.2) is 59.5 Å². The van der Waals surface area contributed by atoms with Crippen LogP contribution < -0.4 is 14.9 Å². The third kappa shape index (κ3) is 5.00. The first-order chi connectivity index (χ1) is 12.5. The Labute approximate surface area is 166 Å². The molecule has 0 bridgehead atoms. The number of benzene rings is 2. The Balaban J connectivity index is 0.00000261. The van der Waals surface area contributed by atoms with E-state index in [1.807, 2.05) is 6.07 Å². The molecule has 146 valence electrons. The largest absolute Gasteiger partial charge is 0.348 e. The molecule has 1 atom stereocenters. The minimum atomic E-state index is -3.74. The van der Waals surface area contributed by atoms with Gasteiger partial charge >= 0.3 is 0 Å². The highest BCUT2D eigenvalue weighted by Gasteiger charge is 2.23. The molecular weight excluding hydrogens is 386 g/mol. The molecule has 1 fully saturated rings. The van der Waals surface area contributed by atoms with E-state index in [0.717, 1.165) is 25.9 Å². The summed E-state index contributed by atoms with van der Waals surface area (Å²) in [7, 11) is -2.24. The van der Waals surface area contributed by atoms with E-state index >= 15 is 0 Å². The van der Waals surface area contributed by atoms with Crippen molar-refractivity contribution in [3.05, 3.63) is 60.2 Å². The Morgan fingerprint density at radius 3 is 2.56 bits per heavy atom. The van der Waals surface area contributed by atoms with Crippen LogP contribution in [-0.2, 0) is 10.0 Å². The van der Waals surface area contributed by atoms with Crippen molar-refractivity contribution in [2.75, 3.05) is 24.4 Å². The Kier molecular flexibility index (Phi) is 7.24. The van der Waals surface area contributed by atoms with Crippen molar-refractivity contribution in [1.29, 1.82) is 0 Å². The molecule has 0 unspecified atom stereocenters. The number of nitrogens with zero attached hydrogens (tertiary/aromatic N) is 1. The summed E-state index contributed by atoms with van der Waals surface area (Å²) in [5.74, 6) is -0.252. The van der Waals surface area contributed by atoms with Gasteiger partial charge in [0.2, 0.25) is 0 Å². The quantitative estimate of drug-likeness (QED) is 0.794. The molecule has 6 nitrogen and oxygen atoms in total. The van der Waals surface area contributed by atoms with Gasteiger partial charge in [0.25, 0.3) is 15.9 Å². The van der Waals surface area contributed by atoms with Crippen LogP contribution in [0.4, 0.5) is 5.69 Å². The number of piperidine rings is 1. The first-order valence-electron chi connectivity index (χ1n) is 8.64. The lowest BCUT2D eigenvalue weighted by atomic mass is 10.1. The number of anilines is 1. The lowest BCUT2D eigenvalue weighted by molar-refractivity contribution is 0.0930. The second kappa shape index (κ2) is 9.21. The molecule has 2 aromatic rings. The van der Waals surface area contributed by atoms with Gasteiger partial charge in [0.15, 0.2) is 0 Å². The molecule has 0 radical (unpaired) electrons. The zero-order valence-corrected chi connectivity index (χ0v) is 16.7. The third-order valence-corrected chi connectivity index (χ3v) is 6.29. The smallest absolute Gasteiger partial charge is 0.264 e. The third-order valence-electron chi connectivity index (χ3n) is 4.51. The van der Waals surface area contributed by atoms with Gasteiger partial charge < -0.3 is 10.6 Å². The number of nitrogens with one attached hydrogen (secondary N) is 2. The number of hydrogen-bond acceptors (Lipinski definition) is 4. The Hall–Kier alpha value is -2.09. The molecule has 0 spiro atoms. The van der Waals surface area contributed by atoms with Crippen molar-refractivity contribution >= 4 is 34.0 Å². The molecule has 0 aliphatic carbocycles. The topological polar surface area (TPSA) is 78.5 Å². The van der Waals surface area contributed by atoms with Crippen LogP contribution in [0, 0.1) is 0 Å². The summed E-state index contributed by atoms with van der Waals surface area (Å²) < 4.78 is 27.0. The van der Waals surface area contributed by atoms with Gasteiger partial charge in [-0.15, -0.1) is 12.4 Å². The van der Waals surface area contributed by atoms with Gasteiger partial charge in [-0.3, -0.25) is 9.10 Å². The minimum Gasteiger partial charge on any atom is -0.348 e. The molecule has 27 heavy (non-hydrogen) atoms. The molecule has 3 rings (SSSR count). The van der Waals surface area contributed by atoms with E-state index in [-0.39, 0.29) is 29.3 Å². The Morgan fingerprint density at radius 1 is 1.15 bits per heavy atom. The van der Waals surface area contributed by atoms with Crippen molar-refractivity contribution in [3.63, 3.8) is 0 Å². The lowest BCUT2D eigenvalue weighted by Gasteiger charge is -2.24. The van der Waals surface area contributed by atoms with Gasteiger partial charge in [0, 0.05) is 25.2 Å². The maximum Gasteiger partial charge on any atom is 0.264 e. The summed E-state index contributed by atoms with van der Waals surface area (Å²) >= 11 is 0. The average Bonchev–Trinajstić information content (AvgIpc) is 2.69. The highest BCUT2D eigenvalue weighted by Crippen LogP contribution is 2.22. The van der Waals surface area contributed by atoms with Crippen LogP contribution in [-0.4, -0.2) is 40.5 Å². The fraction of sp³-hybridized carbons (Fsp3) is 0.316. The maximum atomic E-state index is 12.9. The molecule has 1 amide bonds. The molecule has 1 aliphatic rings. The van der Waals surface area contributed by atoms with Crippen molar-refractivity contribution in [2.45, 2.75) is 23.8 Å². The van der Waals surface area contributed by atoms with E-state index in [1.54, 1.807) is 36.4 Å². The van der Waals surface area contributed by atoms with Crippen LogP contribution in [0.5, 0.6) is 0 Å². The number of amides is 1. The number of carbonyl (C=O) groups is 1. The standard InChI is InChI=1S/C19H23N3O3S.ClH/c1-22(17-9-3-2-4-10-17)26(24,25)18-11-5-7-15(13-18)19(23)21-16-8-6-12-20-14-16;/h2-5,7,9-11,13,16,20H,6,8,12,14H2,1H3,(H,21,23);1H/t16-;/m0./s1. The van der Waals surface area contributed by atoms with Gasteiger partial charge in [-0.2, -0.15) is 0 Å². The van der Waals surface area contributed by atoms with Crippen LogP contribution >= 0.6 is 12.4 Å². The molecule has 0 saturated carbocycles. The molecule has 1 aliphatic heterocycles. The lowest BCUT2D eigenvalue weighted by Crippen LogP contribution is -2.45. The van der Waals surface area contributed by atoms with Crippen molar-refractivity contribution in [1.82, 2.24) is 10.6 Å². The summed E-state index contributed by atoms with van der Waals surface area (Å²) in [5, 5.41) is 6.21. The van der Waals surface area contributed by atoms with E-state index in [0.29, 0.717) is 11.3 Å². The number of halogens is 1. The number of hydrogen-bond donors (Lipinski definition) is 2. The summed E-state index contributed by atoms with van der Waals surface area (Å²) in [6.45, 7) is 1.70. The minimum absolute atomic E-state index is 0.